The van der Waals surface area contributed by atoms with Crippen molar-refractivity contribution >= 4 is 17.9 Å². The van der Waals surface area contributed by atoms with Gasteiger partial charge in [0.25, 0.3) is 0 Å². The summed E-state index contributed by atoms with van der Waals surface area (Å²) >= 11 is 6.00. The molecule has 0 atom stereocenters. The number of hydrogen-bond acceptors (Lipinski definition) is 3. The molecular formula is C15H13ClO3. The molecule has 2 aromatic rings. The molecule has 4 heteroatoms. The van der Waals surface area contributed by atoms with Gasteiger partial charge >= 0.3 is 0 Å². The third-order valence-corrected chi connectivity index (χ3v) is 3.01. The summed E-state index contributed by atoms with van der Waals surface area (Å²) in [7, 11) is 3.10. The van der Waals surface area contributed by atoms with Crippen molar-refractivity contribution in [1.29, 1.82) is 0 Å². The van der Waals surface area contributed by atoms with Crippen LogP contribution in [0.25, 0.3) is 11.1 Å². The molecule has 0 spiro atoms. The molecule has 0 heterocycles. The zero-order valence-corrected chi connectivity index (χ0v) is 11.4. The first kappa shape index (κ1) is 13.4. The van der Waals surface area contributed by atoms with Crippen molar-refractivity contribution in [2.45, 2.75) is 0 Å². The molecule has 0 N–H and O–H groups in total. The topological polar surface area (TPSA) is 35.5 Å². The van der Waals surface area contributed by atoms with Crippen molar-refractivity contribution in [3.05, 3.63) is 47.0 Å². The largest absolute Gasteiger partial charge is 0.493 e. The standard InChI is InChI=1S/C15H13ClO3/c1-18-14-7-10(9-17)6-13(15(14)19-2)11-4-3-5-12(16)8-11/h3-9H,1-2H3. The van der Waals surface area contributed by atoms with E-state index < -0.39 is 0 Å². The quantitative estimate of drug-likeness (QED) is 0.796. The van der Waals surface area contributed by atoms with Crippen molar-refractivity contribution < 1.29 is 14.3 Å². The molecule has 0 unspecified atom stereocenters. The van der Waals surface area contributed by atoms with E-state index in [0.29, 0.717) is 22.1 Å². The minimum absolute atomic E-state index is 0.516. The van der Waals surface area contributed by atoms with Crippen molar-refractivity contribution in [2.24, 2.45) is 0 Å². The molecule has 0 aliphatic carbocycles. The third-order valence-electron chi connectivity index (χ3n) is 2.77. The smallest absolute Gasteiger partial charge is 0.168 e. The van der Waals surface area contributed by atoms with E-state index in [-0.39, 0.29) is 0 Å². The van der Waals surface area contributed by atoms with Crippen LogP contribution in [0.4, 0.5) is 0 Å². The summed E-state index contributed by atoms with van der Waals surface area (Å²) < 4.78 is 10.6. The van der Waals surface area contributed by atoms with E-state index >= 15 is 0 Å². The first-order valence-electron chi connectivity index (χ1n) is 5.66. The third kappa shape index (κ3) is 2.71. The lowest BCUT2D eigenvalue weighted by molar-refractivity contribution is 0.112. The van der Waals surface area contributed by atoms with Gasteiger partial charge in [0.15, 0.2) is 11.5 Å². The number of carbonyl (C=O) groups is 1. The number of ether oxygens (including phenoxy) is 2. The fraction of sp³-hybridized carbons (Fsp3) is 0.133. The lowest BCUT2D eigenvalue weighted by Crippen LogP contribution is -1.95. The van der Waals surface area contributed by atoms with E-state index in [9.17, 15) is 4.79 Å². The lowest BCUT2D eigenvalue weighted by Gasteiger charge is -2.14. The summed E-state index contributed by atoms with van der Waals surface area (Å²) in [6, 6.07) is 10.7. The molecule has 0 fully saturated rings. The summed E-state index contributed by atoms with van der Waals surface area (Å²) in [6.45, 7) is 0. The van der Waals surface area contributed by atoms with Gasteiger partial charge < -0.3 is 9.47 Å². The highest BCUT2D eigenvalue weighted by atomic mass is 35.5. The Morgan fingerprint density at radius 3 is 2.47 bits per heavy atom. The van der Waals surface area contributed by atoms with Crippen molar-refractivity contribution in [2.75, 3.05) is 14.2 Å². The average Bonchev–Trinajstić information content (AvgIpc) is 2.45. The Morgan fingerprint density at radius 1 is 1.11 bits per heavy atom. The maximum atomic E-state index is 11.0. The fourth-order valence-corrected chi connectivity index (χ4v) is 2.11. The van der Waals surface area contributed by atoms with Crippen LogP contribution in [0.15, 0.2) is 36.4 Å². The van der Waals surface area contributed by atoms with E-state index in [2.05, 4.69) is 0 Å². The van der Waals surface area contributed by atoms with Crippen molar-refractivity contribution in [3.63, 3.8) is 0 Å². The van der Waals surface area contributed by atoms with Gasteiger partial charge in [0, 0.05) is 16.1 Å². The second-order valence-electron chi connectivity index (χ2n) is 3.93. The van der Waals surface area contributed by atoms with Crippen LogP contribution >= 0.6 is 11.6 Å². The first-order chi connectivity index (χ1) is 9.19. The van der Waals surface area contributed by atoms with E-state index in [4.69, 9.17) is 21.1 Å². The van der Waals surface area contributed by atoms with Gasteiger partial charge in [-0.1, -0.05) is 23.7 Å². The number of hydrogen-bond donors (Lipinski definition) is 0. The molecule has 2 rings (SSSR count). The van der Waals surface area contributed by atoms with Crippen LogP contribution in [0.2, 0.25) is 5.02 Å². The van der Waals surface area contributed by atoms with E-state index in [1.165, 1.54) is 7.11 Å². The summed E-state index contributed by atoms with van der Waals surface area (Å²) in [5.41, 5.74) is 2.16. The second kappa shape index (κ2) is 5.76. The number of methoxy groups -OCH3 is 2. The van der Waals surface area contributed by atoms with E-state index in [0.717, 1.165) is 17.4 Å². The predicted molar refractivity (Wildman–Crippen MR) is 75.4 cm³/mol. The Labute approximate surface area is 116 Å². The highest BCUT2D eigenvalue weighted by Gasteiger charge is 2.14. The van der Waals surface area contributed by atoms with Gasteiger partial charge in [0.1, 0.15) is 6.29 Å². The van der Waals surface area contributed by atoms with Gasteiger partial charge in [-0.05, 0) is 29.8 Å². The molecular weight excluding hydrogens is 264 g/mol. The predicted octanol–water partition coefficient (Wildman–Crippen LogP) is 3.84. The number of rotatable bonds is 4. The van der Waals surface area contributed by atoms with Gasteiger partial charge in [-0.15, -0.1) is 0 Å². The Balaban J connectivity index is 2.69. The van der Waals surface area contributed by atoms with Gasteiger partial charge in [0.05, 0.1) is 14.2 Å². The van der Waals surface area contributed by atoms with Gasteiger partial charge in [0.2, 0.25) is 0 Å². The van der Waals surface area contributed by atoms with E-state index in [1.807, 2.05) is 18.2 Å². The molecule has 0 aromatic heterocycles. The maximum absolute atomic E-state index is 11.0. The Hall–Kier alpha value is -2.00. The highest BCUT2D eigenvalue weighted by molar-refractivity contribution is 6.30. The molecule has 3 nitrogen and oxygen atoms in total. The first-order valence-corrected chi connectivity index (χ1v) is 6.04. The summed E-state index contributed by atoms with van der Waals surface area (Å²) in [5, 5.41) is 0.620. The Morgan fingerprint density at radius 2 is 1.89 bits per heavy atom. The normalized spacial score (nSPS) is 10.1. The van der Waals surface area contributed by atoms with Crippen LogP contribution in [-0.2, 0) is 0 Å². The molecule has 19 heavy (non-hydrogen) atoms. The fourth-order valence-electron chi connectivity index (χ4n) is 1.92. The molecule has 0 amide bonds. The molecule has 0 aliphatic rings. The SMILES string of the molecule is COc1cc(C=O)cc(-c2cccc(Cl)c2)c1OC. The average molecular weight is 277 g/mol. The molecule has 0 radical (unpaired) electrons. The summed E-state index contributed by atoms with van der Waals surface area (Å²) in [4.78, 5) is 11.0. The van der Waals surface area contributed by atoms with Gasteiger partial charge in [-0.25, -0.2) is 0 Å². The van der Waals surface area contributed by atoms with Crippen molar-refractivity contribution in [1.82, 2.24) is 0 Å². The van der Waals surface area contributed by atoms with Crippen LogP contribution in [-0.4, -0.2) is 20.5 Å². The minimum Gasteiger partial charge on any atom is -0.493 e. The lowest BCUT2D eigenvalue weighted by atomic mass is 10.0. The minimum atomic E-state index is 0.516. The van der Waals surface area contributed by atoms with Crippen LogP contribution in [0.3, 0.4) is 0 Å². The molecule has 0 saturated heterocycles. The summed E-state index contributed by atoms with van der Waals surface area (Å²) in [6.07, 6.45) is 0.774. The van der Waals surface area contributed by atoms with Crippen LogP contribution in [0.5, 0.6) is 11.5 Å². The van der Waals surface area contributed by atoms with Crippen molar-refractivity contribution in [3.8, 4) is 22.6 Å². The second-order valence-corrected chi connectivity index (χ2v) is 4.37. The Kier molecular flexibility index (Phi) is 4.07. The molecule has 0 aliphatic heterocycles. The van der Waals surface area contributed by atoms with Gasteiger partial charge in [-0.2, -0.15) is 0 Å². The number of halogens is 1. The van der Waals surface area contributed by atoms with E-state index in [1.54, 1.807) is 25.3 Å². The zero-order valence-electron chi connectivity index (χ0n) is 10.6. The highest BCUT2D eigenvalue weighted by Crippen LogP contribution is 2.39. The van der Waals surface area contributed by atoms with Gasteiger partial charge in [-0.3, -0.25) is 4.79 Å². The van der Waals surface area contributed by atoms with Crippen LogP contribution < -0.4 is 9.47 Å². The molecule has 2 aromatic carbocycles. The molecule has 98 valence electrons. The maximum Gasteiger partial charge on any atom is 0.168 e. The van der Waals surface area contributed by atoms with Crippen LogP contribution in [0, 0.1) is 0 Å². The number of carbonyl (C=O) groups excluding carboxylic acids is 1. The molecule has 0 bridgehead atoms. The molecule has 0 saturated carbocycles. The summed E-state index contributed by atoms with van der Waals surface area (Å²) in [5.74, 6) is 1.09. The monoisotopic (exact) mass is 276 g/mol. The number of aldehydes is 1. The van der Waals surface area contributed by atoms with Crippen LogP contribution in [0.1, 0.15) is 10.4 Å². The zero-order chi connectivity index (χ0) is 13.8. The Bertz CT molecular complexity index is 608. The number of benzene rings is 2.